The molecule has 42 heavy (non-hydrogen) atoms. The van der Waals surface area contributed by atoms with Crippen molar-refractivity contribution in [3.05, 3.63) is 63.6 Å². The molecule has 14 heteroatoms. The molecule has 4 atom stereocenters. The number of aromatic hydroxyl groups is 1. The summed E-state index contributed by atoms with van der Waals surface area (Å²) in [6.45, 7) is 0.381. The normalized spacial score (nSPS) is 24.1. The third-order valence-electron chi connectivity index (χ3n) is 7.30. The standard InChI is InChI=1S/C28H28Cl2N4O8/c29-17-11-16(12-18(30)24(17)37)25(38)31-19-8-9-22(35)33-10-4-7-21(34(33)27(19)40)26(39)32-20-13-23(36)42-28(20)41-14-15-5-2-1-3-6-15/h1-3,5-6,11-12,19-21,28,37H,4,7-10,13-14H2,(H,31,38)(H,32,39). The van der Waals surface area contributed by atoms with Crippen molar-refractivity contribution in [3.63, 3.8) is 0 Å². The lowest BCUT2D eigenvalue weighted by molar-refractivity contribution is -0.177. The second-order valence-corrected chi connectivity index (χ2v) is 11.0. The van der Waals surface area contributed by atoms with Gasteiger partial charge >= 0.3 is 5.97 Å². The number of hydrogen-bond acceptors (Lipinski definition) is 8. The van der Waals surface area contributed by atoms with Gasteiger partial charge in [-0.25, -0.2) is 5.01 Å². The lowest BCUT2D eigenvalue weighted by Crippen LogP contribution is -2.64. The van der Waals surface area contributed by atoms with Gasteiger partial charge in [-0.05, 0) is 37.0 Å². The van der Waals surface area contributed by atoms with Gasteiger partial charge in [0, 0.05) is 18.5 Å². The largest absolute Gasteiger partial charge is 0.505 e. The van der Waals surface area contributed by atoms with E-state index in [4.69, 9.17) is 32.7 Å². The highest BCUT2D eigenvalue weighted by Gasteiger charge is 2.46. The summed E-state index contributed by atoms with van der Waals surface area (Å²) in [6, 6.07) is 8.64. The van der Waals surface area contributed by atoms with E-state index < -0.39 is 48.1 Å². The number of halogens is 2. The van der Waals surface area contributed by atoms with E-state index in [1.54, 1.807) is 0 Å². The minimum Gasteiger partial charge on any atom is -0.505 e. The molecular weight excluding hydrogens is 591 g/mol. The Kier molecular flexibility index (Phi) is 8.85. The number of carbonyl (C=O) groups is 5. The van der Waals surface area contributed by atoms with Crippen LogP contribution in [0.25, 0.3) is 0 Å². The van der Waals surface area contributed by atoms with E-state index in [1.807, 2.05) is 30.3 Å². The van der Waals surface area contributed by atoms with Crippen molar-refractivity contribution < 1.29 is 38.6 Å². The van der Waals surface area contributed by atoms with Crippen LogP contribution in [0.4, 0.5) is 0 Å². The zero-order valence-corrected chi connectivity index (χ0v) is 23.8. The molecule has 0 spiro atoms. The number of hydrazine groups is 1. The number of hydrogen-bond donors (Lipinski definition) is 3. The summed E-state index contributed by atoms with van der Waals surface area (Å²) >= 11 is 11.9. The molecule has 0 saturated carbocycles. The van der Waals surface area contributed by atoms with Gasteiger partial charge < -0.3 is 25.2 Å². The summed E-state index contributed by atoms with van der Waals surface area (Å²) in [4.78, 5) is 65.4. The van der Waals surface area contributed by atoms with Crippen LogP contribution in [0.2, 0.25) is 10.0 Å². The van der Waals surface area contributed by atoms with Crippen molar-refractivity contribution in [1.82, 2.24) is 20.7 Å². The number of benzene rings is 2. The molecule has 0 bridgehead atoms. The Balaban J connectivity index is 1.30. The number of ether oxygens (including phenoxy) is 2. The summed E-state index contributed by atoms with van der Waals surface area (Å²) in [5.41, 5.74) is 0.857. The van der Waals surface area contributed by atoms with Crippen LogP contribution in [-0.4, -0.2) is 75.7 Å². The molecule has 4 amide bonds. The maximum absolute atomic E-state index is 13.7. The van der Waals surface area contributed by atoms with Crippen molar-refractivity contribution in [1.29, 1.82) is 0 Å². The molecule has 3 aliphatic rings. The SMILES string of the molecule is O=C1CC(NC(=O)C2CCCN3C(=O)CCC(NC(=O)c4cc(Cl)c(O)c(Cl)c4)C(=O)N23)C(OCc2ccccc2)O1. The fourth-order valence-corrected chi connectivity index (χ4v) is 5.67. The Morgan fingerprint density at radius 2 is 1.76 bits per heavy atom. The van der Waals surface area contributed by atoms with Crippen molar-refractivity contribution >= 4 is 52.8 Å². The van der Waals surface area contributed by atoms with E-state index in [2.05, 4.69) is 10.6 Å². The van der Waals surface area contributed by atoms with Gasteiger partial charge in [0.1, 0.15) is 18.1 Å². The number of carbonyl (C=O) groups excluding carboxylic acids is 5. The summed E-state index contributed by atoms with van der Waals surface area (Å²) in [5, 5.41) is 17.2. The smallest absolute Gasteiger partial charge is 0.310 e. The first-order valence-electron chi connectivity index (χ1n) is 13.4. The van der Waals surface area contributed by atoms with E-state index in [0.29, 0.717) is 6.42 Å². The number of rotatable bonds is 7. The number of nitrogens with one attached hydrogen (secondary N) is 2. The molecule has 2 aromatic rings. The minimum absolute atomic E-state index is 0.00316. The second-order valence-electron chi connectivity index (χ2n) is 10.2. The monoisotopic (exact) mass is 618 g/mol. The van der Waals surface area contributed by atoms with E-state index in [0.717, 1.165) is 10.6 Å². The molecule has 0 aliphatic carbocycles. The number of nitrogens with zero attached hydrogens (tertiary/aromatic N) is 2. The molecule has 4 unspecified atom stereocenters. The van der Waals surface area contributed by atoms with Gasteiger partial charge in [-0.1, -0.05) is 53.5 Å². The van der Waals surface area contributed by atoms with Crippen LogP contribution in [0, 0.1) is 0 Å². The predicted molar refractivity (Wildman–Crippen MR) is 148 cm³/mol. The van der Waals surface area contributed by atoms with Crippen LogP contribution in [-0.2, 0) is 35.3 Å². The molecule has 3 saturated heterocycles. The van der Waals surface area contributed by atoms with Gasteiger partial charge in [0.25, 0.3) is 11.8 Å². The van der Waals surface area contributed by atoms with Crippen molar-refractivity contribution in [2.45, 2.75) is 63.1 Å². The van der Waals surface area contributed by atoms with E-state index in [-0.39, 0.29) is 66.1 Å². The lowest BCUT2D eigenvalue weighted by Gasteiger charge is -2.43. The van der Waals surface area contributed by atoms with Crippen LogP contribution in [0.3, 0.4) is 0 Å². The number of phenolic OH excluding ortho intramolecular Hbond substituents is 1. The summed E-state index contributed by atoms with van der Waals surface area (Å²) in [5.74, 6) is -3.21. The van der Waals surface area contributed by atoms with Gasteiger partial charge in [0.15, 0.2) is 5.75 Å². The Morgan fingerprint density at radius 1 is 1.05 bits per heavy atom. The van der Waals surface area contributed by atoms with Crippen molar-refractivity contribution in [2.75, 3.05) is 6.54 Å². The second kappa shape index (κ2) is 12.6. The van der Waals surface area contributed by atoms with E-state index in [1.165, 1.54) is 17.1 Å². The predicted octanol–water partition coefficient (Wildman–Crippen LogP) is 2.30. The summed E-state index contributed by atoms with van der Waals surface area (Å²) in [6.07, 6.45) is -0.473. The molecule has 222 valence electrons. The fraction of sp³-hybridized carbons (Fsp3) is 0.393. The van der Waals surface area contributed by atoms with Crippen LogP contribution < -0.4 is 10.6 Å². The number of fused-ring (bicyclic) bond motifs is 1. The zero-order chi connectivity index (χ0) is 30.0. The van der Waals surface area contributed by atoms with Crippen LogP contribution in [0.5, 0.6) is 5.75 Å². The molecule has 5 rings (SSSR count). The highest BCUT2D eigenvalue weighted by atomic mass is 35.5. The van der Waals surface area contributed by atoms with Crippen LogP contribution >= 0.6 is 23.2 Å². The summed E-state index contributed by atoms with van der Waals surface area (Å²) < 4.78 is 11.0. The topological polar surface area (TPSA) is 155 Å². The summed E-state index contributed by atoms with van der Waals surface area (Å²) in [7, 11) is 0. The minimum atomic E-state index is -1.13. The first-order valence-corrected chi connectivity index (χ1v) is 14.2. The molecule has 3 heterocycles. The Labute approximate surface area is 250 Å². The molecule has 0 aromatic heterocycles. The molecule has 3 fully saturated rings. The molecule has 3 N–H and O–H groups in total. The molecule has 12 nitrogen and oxygen atoms in total. The number of cyclic esters (lactones) is 1. The average Bonchev–Trinajstić information content (AvgIpc) is 3.28. The maximum atomic E-state index is 13.7. The Hall–Kier alpha value is -3.87. The molecule has 3 aliphatic heterocycles. The number of esters is 1. The lowest BCUT2D eigenvalue weighted by atomic mass is 10.0. The third kappa shape index (κ3) is 6.30. The maximum Gasteiger partial charge on any atom is 0.310 e. The molecule has 2 aromatic carbocycles. The average molecular weight is 619 g/mol. The zero-order valence-electron chi connectivity index (χ0n) is 22.3. The first-order chi connectivity index (χ1) is 20.1. The van der Waals surface area contributed by atoms with Gasteiger partial charge in [-0.3, -0.25) is 29.0 Å². The Morgan fingerprint density at radius 3 is 2.48 bits per heavy atom. The fourth-order valence-electron chi connectivity index (χ4n) is 5.18. The van der Waals surface area contributed by atoms with Gasteiger partial charge in [0.2, 0.25) is 18.1 Å². The van der Waals surface area contributed by atoms with Gasteiger partial charge in [0.05, 0.1) is 23.1 Å². The van der Waals surface area contributed by atoms with Gasteiger partial charge in [-0.15, -0.1) is 0 Å². The van der Waals surface area contributed by atoms with Crippen LogP contribution in [0.15, 0.2) is 42.5 Å². The van der Waals surface area contributed by atoms with Crippen molar-refractivity contribution in [2.24, 2.45) is 0 Å². The van der Waals surface area contributed by atoms with Crippen LogP contribution in [0.1, 0.15) is 48.0 Å². The van der Waals surface area contributed by atoms with Gasteiger partial charge in [-0.2, -0.15) is 0 Å². The first kappa shape index (κ1) is 29.6. The number of amides is 4. The molecular formula is C28H28Cl2N4O8. The van der Waals surface area contributed by atoms with E-state index in [9.17, 15) is 29.1 Å². The highest BCUT2D eigenvalue weighted by molar-refractivity contribution is 6.37. The highest BCUT2D eigenvalue weighted by Crippen LogP contribution is 2.33. The number of phenols is 1. The molecule has 0 radical (unpaired) electrons. The quantitative estimate of drug-likeness (QED) is 0.399. The van der Waals surface area contributed by atoms with Crippen molar-refractivity contribution in [3.8, 4) is 5.75 Å². The Bertz CT molecular complexity index is 1380. The van der Waals surface area contributed by atoms with E-state index >= 15 is 0 Å². The third-order valence-corrected chi connectivity index (χ3v) is 7.87.